The molecule has 0 atom stereocenters. The van der Waals surface area contributed by atoms with Gasteiger partial charge in [-0.25, -0.2) is 0 Å². The van der Waals surface area contributed by atoms with Crippen molar-refractivity contribution in [2.24, 2.45) is 0 Å². The Balaban J connectivity index is 2.16. The van der Waals surface area contributed by atoms with E-state index in [1.165, 1.54) is 11.1 Å². The third-order valence-corrected chi connectivity index (χ3v) is 27.8. The fourth-order valence-corrected chi connectivity index (χ4v) is 27.0. The predicted octanol–water partition coefficient (Wildman–Crippen LogP) is 6.18. The Labute approximate surface area is 155 Å². The molecular weight excluding hydrogens is 467 g/mol. The Kier molecular flexibility index (Phi) is 4.32. The minimum atomic E-state index is -3.11. The summed E-state index contributed by atoms with van der Waals surface area (Å²) in [7, 11) is 0. The van der Waals surface area contributed by atoms with E-state index in [4.69, 9.17) is 0 Å². The van der Waals surface area contributed by atoms with Gasteiger partial charge in [-0.3, -0.25) is 0 Å². The summed E-state index contributed by atoms with van der Waals surface area (Å²) in [6.07, 6.45) is 8.23. The van der Waals surface area contributed by atoms with Gasteiger partial charge in [0.2, 0.25) is 0 Å². The van der Waals surface area contributed by atoms with Crippen molar-refractivity contribution in [3.8, 4) is 11.1 Å². The zero-order valence-electron chi connectivity index (χ0n) is 15.6. The average molecular weight is 493 g/mol. The van der Waals surface area contributed by atoms with E-state index < -0.39 is 19.0 Å². The second-order valence-corrected chi connectivity index (χ2v) is 25.1. The molecule has 0 unspecified atom stereocenters. The Morgan fingerprint density at radius 3 is 1.76 bits per heavy atom. The average Bonchev–Trinajstić information content (AvgIpc) is 3.23. The third kappa shape index (κ3) is 2.35. The molecule has 0 fully saturated rings. The van der Waals surface area contributed by atoms with Crippen LogP contribution in [-0.4, -0.2) is 6.51 Å². The number of hydrogen-bond donors (Lipinski definition) is 0. The van der Waals surface area contributed by atoms with E-state index in [1.54, 1.807) is 21.0 Å². The van der Waals surface area contributed by atoms with Crippen LogP contribution in [0.15, 0.2) is 70.1 Å². The summed E-state index contributed by atoms with van der Waals surface area (Å²) in [5.74, 6) is 0. The summed E-state index contributed by atoms with van der Waals surface area (Å²) in [6, 6.07) is 18.3. The molecule has 1 heteroatoms. The van der Waals surface area contributed by atoms with Crippen molar-refractivity contribution in [3.63, 3.8) is 0 Å². The van der Waals surface area contributed by atoms with Gasteiger partial charge in [0.15, 0.2) is 0 Å². The second-order valence-electron chi connectivity index (χ2n) is 7.74. The van der Waals surface area contributed by atoms with Crippen LogP contribution in [-0.2, 0) is 19.0 Å². The molecule has 25 heavy (non-hydrogen) atoms. The first kappa shape index (κ1) is 17.0. The van der Waals surface area contributed by atoms with E-state index in [9.17, 15) is 0 Å². The van der Waals surface area contributed by atoms with E-state index in [0.29, 0.717) is 3.67 Å². The third-order valence-electron chi connectivity index (χ3n) is 6.12. The van der Waals surface area contributed by atoms with Gasteiger partial charge < -0.3 is 0 Å². The van der Waals surface area contributed by atoms with Crippen molar-refractivity contribution in [1.29, 1.82) is 0 Å². The van der Waals surface area contributed by atoms with Crippen LogP contribution in [0.5, 0.6) is 0 Å². The molecule has 0 amide bonds. The summed E-state index contributed by atoms with van der Waals surface area (Å²) in [6.45, 7) is 9.66. The van der Waals surface area contributed by atoms with Gasteiger partial charge in [-0.15, -0.1) is 0 Å². The van der Waals surface area contributed by atoms with Crippen LogP contribution < -0.4 is 0 Å². The molecule has 0 nitrogen and oxygen atoms in total. The van der Waals surface area contributed by atoms with Crippen LogP contribution in [0.2, 0.25) is 0 Å². The van der Waals surface area contributed by atoms with Gasteiger partial charge in [0.1, 0.15) is 0 Å². The van der Waals surface area contributed by atoms with Gasteiger partial charge in [-0.1, -0.05) is 0 Å². The molecule has 0 radical (unpaired) electrons. The molecule has 0 bridgehead atoms. The molecule has 4 rings (SSSR count). The Morgan fingerprint density at radius 1 is 0.800 bits per heavy atom. The van der Waals surface area contributed by atoms with Crippen LogP contribution in [0.25, 0.3) is 11.1 Å². The first-order chi connectivity index (χ1) is 12.1. The normalized spacial score (nSPS) is 15.1. The first-order valence-corrected chi connectivity index (χ1v) is 16.7. The van der Waals surface area contributed by atoms with Gasteiger partial charge in [0.25, 0.3) is 0 Å². The molecule has 0 aliphatic heterocycles. The number of allylic oxidation sites excluding steroid dienone is 4. The standard InChI is InChI=1S/C13H9.C5H5.2C3H6.Hf/c1-3-7-12-10(5-1)9-11-6-2-4-8-13(11)12;1-2-4-5-3-1;2*1-3-2;/h1-9H;1-3H,4H2;2*1-2H3;. The maximum atomic E-state index is 2.45. The molecule has 126 valence electrons. The minimum absolute atomic E-state index is 0.584. The molecule has 0 saturated heterocycles. The van der Waals surface area contributed by atoms with Crippen molar-refractivity contribution < 1.29 is 19.0 Å². The van der Waals surface area contributed by atoms with Crippen LogP contribution in [0.4, 0.5) is 0 Å². The first-order valence-electron chi connectivity index (χ1n) is 9.24. The molecule has 2 aliphatic carbocycles. The number of benzene rings is 2. The summed E-state index contributed by atoms with van der Waals surface area (Å²) in [4.78, 5) is 0. The van der Waals surface area contributed by atoms with E-state index >= 15 is 0 Å². The fourth-order valence-electron chi connectivity index (χ4n) is 5.27. The van der Waals surface area contributed by atoms with Crippen LogP contribution in [0.1, 0.15) is 48.9 Å². The van der Waals surface area contributed by atoms with E-state index in [1.807, 2.05) is 0 Å². The molecule has 0 N–H and O–H groups in total. The Morgan fingerprint density at radius 2 is 1.32 bits per heavy atom. The quantitative estimate of drug-likeness (QED) is 0.439. The SMILES string of the molecule is C[C](C)=[Hf]([C]1=CC=CC1)(=[C](C)C)[CH]1c2ccccc2-c2ccccc21. The van der Waals surface area contributed by atoms with Gasteiger partial charge in [0.05, 0.1) is 0 Å². The number of fused-ring (bicyclic) bond motifs is 3. The molecule has 0 saturated carbocycles. The van der Waals surface area contributed by atoms with Gasteiger partial charge in [-0.05, 0) is 0 Å². The van der Waals surface area contributed by atoms with Gasteiger partial charge in [0, 0.05) is 0 Å². The molecule has 0 heterocycles. The molecule has 0 spiro atoms. The predicted molar refractivity (Wildman–Crippen MR) is 108 cm³/mol. The van der Waals surface area contributed by atoms with Crippen LogP contribution in [0.3, 0.4) is 0 Å². The zero-order valence-corrected chi connectivity index (χ0v) is 19.2. The van der Waals surface area contributed by atoms with Crippen molar-refractivity contribution in [3.05, 3.63) is 81.2 Å². The molecule has 2 aliphatic rings. The monoisotopic (exact) mass is 494 g/mol. The van der Waals surface area contributed by atoms with Crippen LogP contribution >= 0.6 is 0 Å². The van der Waals surface area contributed by atoms with Crippen molar-refractivity contribution in [2.75, 3.05) is 0 Å². The topological polar surface area (TPSA) is 0 Å². The second kappa shape index (κ2) is 6.36. The molecule has 0 aromatic heterocycles. The summed E-state index contributed by atoms with van der Waals surface area (Å²) in [5.41, 5.74) is 6.06. The Hall–Kier alpha value is -1.47. The van der Waals surface area contributed by atoms with Crippen molar-refractivity contribution in [1.82, 2.24) is 0 Å². The van der Waals surface area contributed by atoms with E-state index in [-0.39, 0.29) is 0 Å². The summed E-state index contributed by atoms with van der Waals surface area (Å²) >= 11 is -3.11. The summed E-state index contributed by atoms with van der Waals surface area (Å²) < 4.78 is 5.75. The van der Waals surface area contributed by atoms with Crippen molar-refractivity contribution in [2.45, 2.75) is 37.8 Å². The van der Waals surface area contributed by atoms with Crippen molar-refractivity contribution >= 4 is 6.51 Å². The van der Waals surface area contributed by atoms with Gasteiger partial charge in [-0.2, -0.15) is 0 Å². The zero-order chi connectivity index (χ0) is 17.6. The Bertz CT molecular complexity index is 964. The van der Waals surface area contributed by atoms with Crippen LogP contribution in [0, 0.1) is 0 Å². The number of rotatable bonds is 2. The molecular formula is C24H26Hf. The molecule has 2 aromatic carbocycles. The summed E-state index contributed by atoms with van der Waals surface area (Å²) in [5, 5.41) is 0. The number of hydrogen-bond acceptors (Lipinski definition) is 0. The molecule has 2 aromatic rings. The van der Waals surface area contributed by atoms with Gasteiger partial charge >= 0.3 is 156 Å². The van der Waals surface area contributed by atoms with E-state index in [0.717, 1.165) is 6.42 Å². The van der Waals surface area contributed by atoms with E-state index in [2.05, 4.69) is 94.5 Å². The maximum absolute atomic E-state index is 3.11. The fraction of sp³-hybridized carbons (Fsp3) is 0.250.